The van der Waals surface area contributed by atoms with Crippen molar-refractivity contribution < 1.29 is 34.1 Å². The van der Waals surface area contributed by atoms with Gasteiger partial charge in [0.15, 0.2) is 11.8 Å². The van der Waals surface area contributed by atoms with Gasteiger partial charge in [0.25, 0.3) is 11.8 Å². The van der Waals surface area contributed by atoms with E-state index in [0.29, 0.717) is 27.8 Å². The van der Waals surface area contributed by atoms with Crippen LogP contribution in [0.2, 0.25) is 0 Å². The van der Waals surface area contributed by atoms with Crippen LogP contribution in [0.4, 0.5) is 10.5 Å². The van der Waals surface area contributed by atoms with E-state index in [4.69, 9.17) is 4.74 Å². The van der Waals surface area contributed by atoms with E-state index in [1.165, 1.54) is 106 Å². The first-order valence-electron chi connectivity index (χ1n) is 26.5. The number of amides is 4. The Balaban J connectivity index is 0.000000153. The minimum Gasteiger partial charge on any atom is -0.505 e. The van der Waals surface area contributed by atoms with Crippen molar-refractivity contribution in [1.29, 1.82) is 0 Å². The number of imide groups is 1. The number of anilines is 1. The number of ether oxygens (including phenoxy) is 1. The first kappa shape index (κ1) is 53.7. The summed E-state index contributed by atoms with van der Waals surface area (Å²) >= 11 is 0. The summed E-state index contributed by atoms with van der Waals surface area (Å²) in [4.78, 5) is 56.1. The lowest BCUT2D eigenvalue weighted by atomic mass is 9.85. The van der Waals surface area contributed by atoms with Gasteiger partial charge in [-0.3, -0.25) is 14.4 Å². The number of aryl methyl sites for hydroxylation is 5. The van der Waals surface area contributed by atoms with Crippen molar-refractivity contribution in [2.45, 2.75) is 151 Å². The molecule has 9 aromatic rings. The zero-order valence-electron chi connectivity index (χ0n) is 45.6. The Morgan fingerprint density at radius 1 is 0.653 bits per heavy atom. The third-order valence-electron chi connectivity index (χ3n) is 14.1. The SMILES string of the molecule is CCCCCCCCCCCCc1cc(C)cc(-n2n3c4ccccc4n23)c1O.COc1ccc(C)cc1NC(=O)C(C(=O)C(C)(C)C)N1C(=O)NC(C)(C)C1=O.Cc1cc(C)c(O)c(-n2n3c4ccccc4n23)c1. The number of unbranched alkanes of at least 4 members (excludes halogenated alkanes) is 9. The number of benzene rings is 5. The van der Waals surface area contributed by atoms with Crippen LogP contribution in [0.1, 0.15) is 134 Å². The van der Waals surface area contributed by atoms with E-state index < -0.39 is 40.6 Å². The Bertz CT molecular complexity index is 3370. The van der Waals surface area contributed by atoms with Gasteiger partial charge in [-0.1, -0.05) is 128 Å². The number of nitrogens with one attached hydrogen (secondary N) is 2. The molecular formula is C59H75N9O7. The number of hydrogen-bond acceptors (Lipinski definition) is 7. The number of ketones is 1. The predicted octanol–water partition coefficient (Wildman–Crippen LogP) is 11.9. The molecule has 398 valence electrons. The molecule has 1 aliphatic rings. The van der Waals surface area contributed by atoms with E-state index in [1.807, 2.05) is 65.2 Å². The predicted molar refractivity (Wildman–Crippen MR) is 295 cm³/mol. The van der Waals surface area contributed by atoms with Crippen LogP contribution in [0.25, 0.3) is 33.4 Å². The number of nitrogens with zero attached hydrogens (tertiary/aromatic N) is 7. The van der Waals surface area contributed by atoms with Crippen molar-refractivity contribution in [2.24, 2.45) is 5.41 Å². The minimum absolute atomic E-state index is 0.348. The van der Waals surface area contributed by atoms with Crippen LogP contribution in [0.15, 0.2) is 91.0 Å². The Labute approximate surface area is 439 Å². The molecule has 1 fully saturated rings. The van der Waals surface area contributed by atoms with Gasteiger partial charge in [0.1, 0.15) is 56.2 Å². The van der Waals surface area contributed by atoms with Gasteiger partial charge in [-0.05, 0) is 131 Å². The number of aromatic hydroxyl groups is 2. The van der Waals surface area contributed by atoms with Gasteiger partial charge < -0.3 is 25.6 Å². The first-order chi connectivity index (χ1) is 35.7. The molecule has 4 amide bonds. The fourth-order valence-corrected chi connectivity index (χ4v) is 9.96. The van der Waals surface area contributed by atoms with E-state index in [-0.39, 0.29) is 0 Å². The van der Waals surface area contributed by atoms with Crippen LogP contribution in [-0.4, -0.2) is 85.5 Å². The highest BCUT2D eigenvalue weighted by molar-refractivity contribution is 6.20. The van der Waals surface area contributed by atoms with E-state index in [1.54, 1.807) is 32.9 Å². The van der Waals surface area contributed by atoms with E-state index in [9.17, 15) is 29.4 Å². The maximum atomic E-state index is 13.1. The number of carbonyl (C=O) groups excluding carboxylic acids is 4. The number of phenolic OH excluding ortho intramolecular Hbond substituents is 2. The van der Waals surface area contributed by atoms with E-state index in [2.05, 4.69) is 87.1 Å². The number of rotatable bonds is 18. The number of fused-ring (bicyclic) bond motifs is 8. The molecule has 0 saturated carbocycles. The quantitative estimate of drug-likeness (QED) is 0.0376. The molecule has 5 heterocycles. The van der Waals surface area contributed by atoms with Gasteiger partial charge in [-0.25, -0.2) is 9.69 Å². The Morgan fingerprint density at radius 3 is 1.60 bits per heavy atom. The average Bonchev–Trinajstić information content (AvgIpc) is 4.25. The molecule has 5 aromatic carbocycles. The maximum absolute atomic E-state index is 13.1. The molecular weight excluding hydrogens is 947 g/mol. The highest BCUT2D eigenvalue weighted by atomic mass is 16.5. The number of urea groups is 1. The lowest BCUT2D eigenvalue weighted by Gasteiger charge is -2.29. The van der Waals surface area contributed by atoms with Crippen molar-refractivity contribution in [3.63, 3.8) is 0 Å². The van der Waals surface area contributed by atoms with Crippen molar-refractivity contribution in [2.75, 3.05) is 12.4 Å². The highest BCUT2D eigenvalue weighted by Crippen LogP contribution is 2.36. The highest BCUT2D eigenvalue weighted by Gasteiger charge is 2.53. The van der Waals surface area contributed by atoms with E-state index >= 15 is 0 Å². The number of hydrogen-bond donors (Lipinski definition) is 4. The minimum atomic E-state index is -1.60. The summed E-state index contributed by atoms with van der Waals surface area (Å²) in [6.45, 7) is 18.1. The van der Waals surface area contributed by atoms with Gasteiger partial charge >= 0.3 is 6.03 Å². The standard InChI is InChI=1S/C25H35N3O.C20H27N3O5.C14H13N3O/c1-3-4-5-6-7-8-9-10-11-12-15-21-18-20(2)19-24(25(21)29)28-26-22-16-13-14-17-23(22)27(26)28;1-11-8-9-13(28-7)12(10-11)21-16(25)14(15(24)19(2,3)4)23-17(26)20(5,6)22-18(23)27;1-9-7-10(2)14(18)13(8-9)17-15-11-5-3-4-6-12(11)16(15)17/h13-14,16-19,29H,3-12,15H2,1-2H3;8-10,14H,1-7H3,(H,21,25)(H,22,27);3-8,18H,1-2H3. The summed E-state index contributed by atoms with van der Waals surface area (Å²) in [6.07, 6.45) is 14.3. The van der Waals surface area contributed by atoms with Gasteiger partial charge in [-0.2, -0.15) is 0 Å². The summed E-state index contributed by atoms with van der Waals surface area (Å²) in [5.41, 5.74) is 9.89. The molecule has 0 radical (unpaired) electrons. The molecule has 16 heteroatoms. The molecule has 10 rings (SSSR count). The molecule has 0 bridgehead atoms. The van der Waals surface area contributed by atoms with Crippen LogP contribution in [-0.2, 0) is 20.8 Å². The number of methoxy groups -OCH3 is 1. The Kier molecular flexibility index (Phi) is 15.5. The smallest absolute Gasteiger partial charge is 0.326 e. The summed E-state index contributed by atoms with van der Waals surface area (Å²) in [5.74, 6) is -0.763. The van der Waals surface area contributed by atoms with Crippen LogP contribution in [0.3, 0.4) is 0 Å². The second-order valence-electron chi connectivity index (χ2n) is 21.8. The zero-order chi connectivity index (χ0) is 54.1. The molecule has 4 aromatic heterocycles. The monoisotopic (exact) mass is 1020 g/mol. The largest absolute Gasteiger partial charge is 0.505 e. The molecule has 16 nitrogen and oxygen atoms in total. The van der Waals surface area contributed by atoms with Crippen molar-refractivity contribution >= 4 is 51.4 Å². The summed E-state index contributed by atoms with van der Waals surface area (Å²) < 4.78 is 13.6. The summed E-state index contributed by atoms with van der Waals surface area (Å²) in [6, 6.07) is 27.6. The van der Waals surface area contributed by atoms with Gasteiger partial charge in [0.05, 0.1) is 12.8 Å². The fraction of sp³-hybridized carbons (Fsp3) is 0.424. The van der Waals surface area contributed by atoms with Crippen molar-refractivity contribution in [1.82, 2.24) is 38.3 Å². The fourth-order valence-electron chi connectivity index (χ4n) is 9.96. The molecule has 75 heavy (non-hydrogen) atoms. The number of phenols is 2. The normalized spacial score (nSPS) is 14.0. The van der Waals surface area contributed by atoms with Crippen LogP contribution >= 0.6 is 0 Å². The summed E-state index contributed by atoms with van der Waals surface area (Å²) in [7, 11) is 1.46. The van der Waals surface area contributed by atoms with E-state index in [0.717, 1.165) is 46.5 Å². The van der Waals surface area contributed by atoms with Crippen LogP contribution in [0.5, 0.6) is 17.2 Å². The van der Waals surface area contributed by atoms with Crippen molar-refractivity contribution in [3.05, 3.63) is 119 Å². The van der Waals surface area contributed by atoms with Gasteiger partial charge in [-0.15, -0.1) is 28.1 Å². The Hall–Kier alpha value is -7.62. The number of carbonyl (C=O) groups is 4. The molecule has 1 aliphatic heterocycles. The number of para-hydroxylation sites is 4. The van der Waals surface area contributed by atoms with Gasteiger partial charge in [0, 0.05) is 5.41 Å². The second kappa shape index (κ2) is 21.7. The van der Waals surface area contributed by atoms with Crippen LogP contribution < -0.4 is 15.4 Å². The molecule has 1 unspecified atom stereocenters. The van der Waals surface area contributed by atoms with Crippen LogP contribution in [0, 0.1) is 33.1 Å². The average molecular weight is 1020 g/mol. The molecule has 1 atom stereocenters. The molecule has 1 saturated heterocycles. The number of Topliss-reactive ketones (excluding diaryl/α,β-unsaturated/α-hetero) is 1. The van der Waals surface area contributed by atoms with Gasteiger partial charge in [0.2, 0.25) is 0 Å². The molecule has 4 N–H and O–H groups in total. The topological polar surface area (TPSA) is 173 Å². The lowest BCUT2D eigenvalue weighted by molar-refractivity contribution is -0.144. The Morgan fingerprint density at radius 2 is 1.13 bits per heavy atom. The first-order valence-corrected chi connectivity index (χ1v) is 26.5. The second-order valence-corrected chi connectivity index (χ2v) is 21.8. The number of aromatic nitrogens is 6. The third kappa shape index (κ3) is 11.0. The lowest BCUT2D eigenvalue weighted by Crippen LogP contribution is -2.55. The molecule has 0 aliphatic carbocycles. The zero-order valence-corrected chi connectivity index (χ0v) is 45.6. The third-order valence-corrected chi connectivity index (χ3v) is 14.1. The van der Waals surface area contributed by atoms with Crippen molar-refractivity contribution in [3.8, 4) is 28.6 Å². The summed E-state index contributed by atoms with van der Waals surface area (Å²) in [5, 5.41) is 26.2. The molecule has 0 spiro atoms. The maximum Gasteiger partial charge on any atom is 0.326 e.